The van der Waals surface area contributed by atoms with Gasteiger partial charge in [-0.25, -0.2) is 0 Å². The van der Waals surface area contributed by atoms with Crippen LogP contribution in [0.1, 0.15) is 105 Å². The second-order valence-corrected chi connectivity index (χ2v) is 15.7. The topological polar surface area (TPSA) is 148 Å². The standard InChI is InChI=1S/C35H57N3O6/c1-19(2)38-31-30(32(43)33(31)44)37-15-7-6-14-36-28(42)11-8-20(3)23-9-10-24-29-25(18-27(41)35(23,24)5)34(4)13-12-22(39)16-21(34)17-26(29)40/h19-27,29,37-41H,6-18H2,1-5H3,(H,36,42)/t20-,21+,22-,23+,24+,25+,26-,27+,29+,34+,35-/m1/s1. The summed E-state index contributed by atoms with van der Waals surface area (Å²) >= 11 is 0. The maximum Gasteiger partial charge on any atom is 0.253 e. The molecule has 9 nitrogen and oxygen atoms in total. The van der Waals surface area contributed by atoms with Crippen LogP contribution in [-0.4, -0.2) is 58.7 Å². The lowest BCUT2D eigenvalue weighted by atomic mass is 9.43. The minimum Gasteiger partial charge on any atom is -0.393 e. The Bertz CT molecular complexity index is 1240. The van der Waals surface area contributed by atoms with Crippen molar-refractivity contribution in [3.8, 4) is 0 Å². The molecule has 0 spiro atoms. The molecule has 6 N–H and O–H groups in total. The molecule has 9 heteroatoms. The number of hydrogen-bond donors (Lipinski definition) is 6. The van der Waals surface area contributed by atoms with Crippen molar-refractivity contribution in [1.29, 1.82) is 0 Å². The van der Waals surface area contributed by atoms with Crippen molar-refractivity contribution in [3.05, 3.63) is 20.4 Å². The zero-order valence-corrected chi connectivity index (χ0v) is 27.5. The first-order valence-electron chi connectivity index (χ1n) is 17.4. The Hall–Kier alpha value is -1.97. The summed E-state index contributed by atoms with van der Waals surface area (Å²) in [6.07, 6.45) is 7.83. The third-order valence-electron chi connectivity index (χ3n) is 12.9. The number of rotatable bonds is 12. The molecular weight excluding hydrogens is 558 g/mol. The smallest absolute Gasteiger partial charge is 0.253 e. The first kappa shape index (κ1) is 33.4. The molecule has 0 radical (unpaired) electrons. The summed E-state index contributed by atoms with van der Waals surface area (Å²) in [7, 11) is 0. The van der Waals surface area contributed by atoms with Gasteiger partial charge in [-0.05, 0) is 124 Å². The van der Waals surface area contributed by atoms with Crippen LogP contribution in [0.3, 0.4) is 0 Å². The van der Waals surface area contributed by atoms with E-state index in [1.807, 2.05) is 13.8 Å². The highest BCUT2D eigenvalue weighted by atomic mass is 16.3. The molecule has 248 valence electrons. The number of aliphatic hydroxyl groups is 3. The second kappa shape index (κ2) is 13.0. The number of carbonyl (C=O) groups excluding carboxylic acids is 1. The highest BCUT2D eigenvalue weighted by Crippen LogP contribution is 2.68. The normalized spacial score (nSPS) is 38.9. The minimum absolute atomic E-state index is 0.0424. The molecule has 0 unspecified atom stereocenters. The van der Waals surface area contributed by atoms with E-state index in [9.17, 15) is 29.7 Å². The van der Waals surface area contributed by atoms with Gasteiger partial charge in [0.05, 0.1) is 18.3 Å². The number of amides is 1. The average Bonchev–Trinajstić information content (AvgIpc) is 3.34. The van der Waals surface area contributed by atoms with Crippen molar-refractivity contribution in [1.82, 2.24) is 5.32 Å². The SMILES string of the molecule is CC(C)Nc1c(NCCCCNC(=O)CC[C@@H](C)[C@@H]2CC[C@H]3[C@@H]4[C@H](O)C[C@@H]5C[C@H](O)CC[C@]5(C)[C@H]4C[C@H](O)[C@@]32C)c(=O)c1=O. The lowest BCUT2D eigenvalue weighted by Crippen LogP contribution is -2.62. The molecule has 1 aromatic carbocycles. The van der Waals surface area contributed by atoms with Crippen LogP contribution >= 0.6 is 0 Å². The van der Waals surface area contributed by atoms with E-state index in [-0.39, 0.29) is 46.8 Å². The minimum atomic E-state index is -0.471. The van der Waals surface area contributed by atoms with Gasteiger partial charge in [-0.15, -0.1) is 0 Å². The molecule has 4 fully saturated rings. The van der Waals surface area contributed by atoms with Crippen LogP contribution in [0.4, 0.5) is 11.4 Å². The molecule has 4 saturated carbocycles. The fourth-order valence-electron chi connectivity index (χ4n) is 10.5. The lowest BCUT2D eigenvalue weighted by Gasteiger charge is -2.63. The second-order valence-electron chi connectivity index (χ2n) is 15.7. The van der Waals surface area contributed by atoms with Crippen molar-refractivity contribution in [2.75, 3.05) is 23.7 Å². The summed E-state index contributed by atoms with van der Waals surface area (Å²) in [6.45, 7) is 11.8. The van der Waals surface area contributed by atoms with E-state index in [1.165, 1.54) is 0 Å². The molecule has 0 bridgehead atoms. The molecule has 0 aromatic heterocycles. The van der Waals surface area contributed by atoms with E-state index in [1.54, 1.807) is 0 Å². The quantitative estimate of drug-likeness (QED) is 0.154. The Morgan fingerprint density at radius 2 is 1.61 bits per heavy atom. The Morgan fingerprint density at radius 3 is 2.34 bits per heavy atom. The van der Waals surface area contributed by atoms with Gasteiger partial charge in [-0.3, -0.25) is 14.4 Å². The van der Waals surface area contributed by atoms with Gasteiger partial charge >= 0.3 is 0 Å². The monoisotopic (exact) mass is 615 g/mol. The maximum atomic E-state index is 12.7. The van der Waals surface area contributed by atoms with Crippen LogP contribution in [0, 0.1) is 46.3 Å². The van der Waals surface area contributed by atoms with Gasteiger partial charge < -0.3 is 31.3 Å². The summed E-state index contributed by atoms with van der Waals surface area (Å²) < 4.78 is 0. The van der Waals surface area contributed by atoms with E-state index >= 15 is 0 Å². The summed E-state index contributed by atoms with van der Waals surface area (Å²) in [6, 6.07) is 0.0733. The third kappa shape index (κ3) is 5.97. The van der Waals surface area contributed by atoms with Crippen molar-refractivity contribution in [2.24, 2.45) is 46.3 Å². The predicted octanol–water partition coefficient (Wildman–Crippen LogP) is 3.79. The molecule has 1 amide bonds. The molecule has 0 saturated heterocycles. The highest BCUT2D eigenvalue weighted by Gasteiger charge is 2.65. The van der Waals surface area contributed by atoms with Gasteiger partial charge in [-0.2, -0.15) is 0 Å². The van der Waals surface area contributed by atoms with Crippen LogP contribution in [0.25, 0.3) is 0 Å². The highest BCUT2D eigenvalue weighted by molar-refractivity contribution is 5.76. The predicted molar refractivity (Wildman–Crippen MR) is 173 cm³/mol. The maximum absolute atomic E-state index is 12.7. The van der Waals surface area contributed by atoms with E-state index in [0.29, 0.717) is 54.6 Å². The number of nitrogens with one attached hydrogen (secondary N) is 3. The van der Waals surface area contributed by atoms with Crippen LogP contribution in [0.2, 0.25) is 0 Å². The molecule has 5 rings (SSSR count). The van der Waals surface area contributed by atoms with Crippen LogP contribution in [-0.2, 0) is 4.79 Å². The first-order valence-corrected chi connectivity index (χ1v) is 17.4. The molecule has 1 aromatic rings. The van der Waals surface area contributed by atoms with Gasteiger partial charge in [0.2, 0.25) is 5.91 Å². The van der Waals surface area contributed by atoms with Gasteiger partial charge in [0.25, 0.3) is 10.9 Å². The largest absolute Gasteiger partial charge is 0.393 e. The number of hydrogen-bond acceptors (Lipinski definition) is 8. The summed E-state index contributed by atoms with van der Waals surface area (Å²) in [5, 5.41) is 42.7. The number of unbranched alkanes of at least 4 members (excludes halogenated alkanes) is 1. The first-order chi connectivity index (χ1) is 20.8. The van der Waals surface area contributed by atoms with E-state index < -0.39 is 17.0 Å². The summed E-state index contributed by atoms with van der Waals surface area (Å²) in [5.74, 6) is 1.75. The summed E-state index contributed by atoms with van der Waals surface area (Å²) in [4.78, 5) is 36.3. The van der Waals surface area contributed by atoms with Crippen LogP contribution < -0.4 is 26.8 Å². The van der Waals surface area contributed by atoms with E-state index in [4.69, 9.17) is 0 Å². The molecule has 0 heterocycles. The Labute approximate surface area is 262 Å². The van der Waals surface area contributed by atoms with Crippen LogP contribution in [0.5, 0.6) is 0 Å². The fraction of sp³-hybridized carbons (Fsp3) is 0.857. The molecule has 0 aliphatic heterocycles. The van der Waals surface area contributed by atoms with E-state index in [0.717, 1.165) is 64.2 Å². The number of carbonyl (C=O) groups is 1. The Kier molecular flexibility index (Phi) is 9.89. The van der Waals surface area contributed by atoms with E-state index in [2.05, 4.69) is 36.7 Å². The Balaban J connectivity index is 1.08. The van der Waals surface area contributed by atoms with Gasteiger partial charge in [0.15, 0.2) is 0 Å². The number of aliphatic hydroxyl groups excluding tert-OH is 3. The van der Waals surface area contributed by atoms with Gasteiger partial charge in [0.1, 0.15) is 11.4 Å². The van der Waals surface area contributed by atoms with Crippen molar-refractivity contribution < 1.29 is 20.1 Å². The zero-order valence-electron chi connectivity index (χ0n) is 27.5. The van der Waals surface area contributed by atoms with Gasteiger partial charge in [-0.1, -0.05) is 20.8 Å². The third-order valence-corrected chi connectivity index (χ3v) is 12.9. The van der Waals surface area contributed by atoms with Crippen molar-refractivity contribution in [2.45, 2.75) is 130 Å². The summed E-state index contributed by atoms with van der Waals surface area (Å²) in [5.41, 5.74) is -0.378. The molecule has 44 heavy (non-hydrogen) atoms. The lowest BCUT2D eigenvalue weighted by molar-refractivity contribution is -0.207. The van der Waals surface area contributed by atoms with Crippen molar-refractivity contribution in [3.63, 3.8) is 0 Å². The molecule has 4 aliphatic carbocycles. The molecule has 11 atom stereocenters. The molecular formula is C35H57N3O6. The van der Waals surface area contributed by atoms with Gasteiger partial charge in [0, 0.05) is 25.6 Å². The molecule has 4 aliphatic rings. The number of anilines is 2. The average molecular weight is 616 g/mol. The Morgan fingerprint density at radius 1 is 0.909 bits per heavy atom. The zero-order chi connectivity index (χ0) is 32.0. The number of fused-ring (bicyclic) bond motifs is 5. The fourth-order valence-corrected chi connectivity index (χ4v) is 10.5. The van der Waals surface area contributed by atoms with Crippen molar-refractivity contribution >= 4 is 17.3 Å². The van der Waals surface area contributed by atoms with Crippen LogP contribution in [0.15, 0.2) is 9.59 Å².